The van der Waals surface area contributed by atoms with Crippen molar-refractivity contribution in [1.29, 1.82) is 0 Å². The van der Waals surface area contributed by atoms with E-state index >= 15 is 0 Å². The second-order valence-electron chi connectivity index (χ2n) is 3.85. The van der Waals surface area contributed by atoms with Gasteiger partial charge >= 0.3 is 0 Å². The van der Waals surface area contributed by atoms with Crippen LogP contribution in [-0.2, 0) is 6.50 Å². The molecule has 0 saturated heterocycles. The molecule has 0 fully saturated rings. The third kappa shape index (κ3) is 2.80. The van der Waals surface area contributed by atoms with Crippen LogP contribution in [0.1, 0.15) is 19.4 Å². The summed E-state index contributed by atoms with van der Waals surface area (Å²) >= 11 is 1.53. The Hall–Kier alpha value is -1.48. The molecule has 2 rings (SSSR count). The highest BCUT2D eigenvalue weighted by molar-refractivity contribution is 7.14. The van der Waals surface area contributed by atoms with Crippen molar-refractivity contribution in [3.05, 3.63) is 46.3 Å². The zero-order valence-electron chi connectivity index (χ0n) is 12.2. The first-order valence-corrected chi connectivity index (χ1v) is 6.29. The third-order valence-corrected chi connectivity index (χ3v) is 3.81. The SMILES string of the molecule is [2H]C([2H])(Nc1scc(C)c1C)c1ccc(OC)cc1. The van der Waals surface area contributed by atoms with Crippen LogP contribution in [0.2, 0.25) is 0 Å². The van der Waals surface area contributed by atoms with E-state index in [-0.39, 0.29) is 0 Å². The lowest BCUT2D eigenvalue weighted by molar-refractivity contribution is 0.414. The van der Waals surface area contributed by atoms with Gasteiger partial charge in [-0.3, -0.25) is 0 Å². The highest BCUT2D eigenvalue weighted by atomic mass is 32.1. The number of rotatable bonds is 4. The van der Waals surface area contributed by atoms with E-state index in [0.717, 1.165) is 16.3 Å². The molecule has 0 unspecified atom stereocenters. The maximum absolute atomic E-state index is 8.16. The second kappa shape index (κ2) is 5.23. The van der Waals surface area contributed by atoms with Crippen LogP contribution in [0.5, 0.6) is 5.75 Å². The summed E-state index contributed by atoms with van der Waals surface area (Å²) in [6.07, 6.45) is 0. The topological polar surface area (TPSA) is 21.3 Å². The van der Waals surface area contributed by atoms with Gasteiger partial charge < -0.3 is 10.1 Å². The monoisotopic (exact) mass is 249 g/mol. The van der Waals surface area contributed by atoms with Gasteiger partial charge in [-0.2, -0.15) is 0 Å². The van der Waals surface area contributed by atoms with Crippen molar-refractivity contribution in [1.82, 2.24) is 0 Å². The Balaban J connectivity index is 2.23. The number of ether oxygens (including phenoxy) is 1. The van der Waals surface area contributed by atoms with E-state index in [0.29, 0.717) is 5.56 Å². The third-order valence-electron chi connectivity index (χ3n) is 2.70. The first kappa shape index (κ1) is 9.54. The van der Waals surface area contributed by atoms with Gasteiger partial charge in [-0.25, -0.2) is 0 Å². The lowest BCUT2D eigenvalue weighted by atomic mass is 10.2. The summed E-state index contributed by atoms with van der Waals surface area (Å²) in [4.78, 5) is 0. The molecule has 1 N–H and O–H groups in total. The number of nitrogens with one attached hydrogen (secondary N) is 1. The number of thiophene rings is 1. The Morgan fingerprint density at radius 3 is 2.53 bits per heavy atom. The molecular formula is C14H17NOS. The molecule has 0 saturated carbocycles. The number of hydrogen-bond acceptors (Lipinski definition) is 3. The number of benzene rings is 1. The van der Waals surface area contributed by atoms with Crippen molar-refractivity contribution in [2.75, 3.05) is 12.4 Å². The summed E-state index contributed by atoms with van der Waals surface area (Å²) in [7, 11) is 1.60. The first-order valence-electron chi connectivity index (χ1n) is 6.41. The molecular weight excluding hydrogens is 230 g/mol. The first-order chi connectivity index (χ1) is 8.94. The fraction of sp³-hybridized carbons (Fsp3) is 0.286. The largest absolute Gasteiger partial charge is 0.497 e. The lowest BCUT2D eigenvalue weighted by Gasteiger charge is -2.06. The summed E-state index contributed by atoms with van der Waals surface area (Å²) in [6.45, 7) is 2.42. The predicted molar refractivity (Wildman–Crippen MR) is 74.1 cm³/mol. The number of methoxy groups -OCH3 is 1. The van der Waals surface area contributed by atoms with E-state index in [4.69, 9.17) is 7.48 Å². The van der Waals surface area contributed by atoms with E-state index in [1.54, 1.807) is 31.4 Å². The summed E-state index contributed by atoms with van der Waals surface area (Å²) in [5, 5.41) is 5.88. The standard InChI is InChI=1S/C14H17NOS/c1-10-9-17-14(11(10)2)15-8-12-4-6-13(16-3)7-5-12/h4-7,9,15H,8H2,1-3H3/i8D2. The van der Waals surface area contributed by atoms with Crippen LogP contribution >= 0.6 is 11.3 Å². The molecule has 3 heteroatoms. The molecule has 2 aromatic rings. The Morgan fingerprint density at radius 2 is 2.00 bits per heavy atom. The van der Waals surface area contributed by atoms with Gasteiger partial charge in [0.2, 0.25) is 0 Å². The Bertz CT molecular complexity index is 563. The lowest BCUT2D eigenvalue weighted by Crippen LogP contribution is -1.98. The molecule has 1 aromatic heterocycles. The minimum Gasteiger partial charge on any atom is -0.497 e. The number of aryl methyl sites for hydroxylation is 1. The van der Waals surface area contributed by atoms with Gasteiger partial charge in [0.25, 0.3) is 0 Å². The van der Waals surface area contributed by atoms with Gasteiger partial charge in [0.05, 0.1) is 14.9 Å². The summed E-state index contributed by atoms with van der Waals surface area (Å²) in [5.74, 6) is 0.725. The van der Waals surface area contributed by atoms with Crippen molar-refractivity contribution in [3.63, 3.8) is 0 Å². The molecule has 17 heavy (non-hydrogen) atoms. The average molecular weight is 249 g/mol. The van der Waals surface area contributed by atoms with Crippen LogP contribution in [0.4, 0.5) is 5.00 Å². The number of anilines is 1. The van der Waals surface area contributed by atoms with Crippen molar-refractivity contribution >= 4 is 16.3 Å². The van der Waals surface area contributed by atoms with Crippen LogP contribution in [-0.4, -0.2) is 7.11 Å². The van der Waals surface area contributed by atoms with E-state index in [9.17, 15) is 0 Å². The maximum Gasteiger partial charge on any atom is 0.118 e. The van der Waals surface area contributed by atoms with Crippen LogP contribution in [0.3, 0.4) is 0 Å². The van der Waals surface area contributed by atoms with Gasteiger partial charge in [0.15, 0.2) is 0 Å². The molecule has 0 amide bonds. The van der Waals surface area contributed by atoms with E-state index in [1.165, 1.54) is 16.9 Å². The number of hydrogen-bond donors (Lipinski definition) is 1. The zero-order valence-corrected chi connectivity index (χ0v) is 11.0. The molecule has 0 aliphatic carbocycles. The highest BCUT2D eigenvalue weighted by Gasteiger charge is 2.03. The van der Waals surface area contributed by atoms with Crippen LogP contribution < -0.4 is 10.1 Å². The molecule has 0 spiro atoms. The minimum atomic E-state index is -1.60. The molecule has 1 aromatic carbocycles. The Kier molecular flexibility index (Phi) is 2.94. The van der Waals surface area contributed by atoms with Crippen LogP contribution in [0, 0.1) is 13.8 Å². The molecule has 90 valence electrons. The van der Waals surface area contributed by atoms with Gasteiger partial charge in [-0.05, 0) is 48.1 Å². The maximum atomic E-state index is 8.16. The van der Waals surface area contributed by atoms with Crippen LogP contribution in [0.25, 0.3) is 0 Å². The van der Waals surface area contributed by atoms with Gasteiger partial charge in [0, 0.05) is 6.50 Å². The quantitative estimate of drug-likeness (QED) is 0.884. The molecule has 1 heterocycles. The van der Waals surface area contributed by atoms with E-state index in [1.807, 2.05) is 19.2 Å². The summed E-state index contributed by atoms with van der Waals surface area (Å²) in [6, 6.07) is 7.01. The zero-order chi connectivity index (χ0) is 14.0. The molecule has 0 radical (unpaired) electrons. The van der Waals surface area contributed by atoms with Crippen LogP contribution in [0.15, 0.2) is 29.6 Å². The van der Waals surface area contributed by atoms with Crippen molar-refractivity contribution in [3.8, 4) is 5.75 Å². The summed E-state index contributed by atoms with van der Waals surface area (Å²) < 4.78 is 21.4. The molecule has 0 bridgehead atoms. The average Bonchev–Trinajstić information content (AvgIpc) is 2.70. The molecule has 0 aliphatic rings. The smallest absolute Gasteiger partial charge is 0.118 e. The van der Waals surface area contributed by atoms with Crippen molar-refractivity contribution < 1.29 is 7.48 Å². The normalized spacial score (nSPS) is 12.9. The van der Waals surface area contributed by atoms with Crippen molar-refractivity contribution in [2.45, 2.75) is 20.3 Å². The Morgan fingerprint density at radius 1 is 1.29 bits per heavy atom. The fourth-order valence-corrected chi connectivity index (χ4v) is 2.35. The van der Waals surface area contributed by atoms with Gasteiger partial charge in [-0.15, -0.1) is 11.3 Å². The van der Waals surface area contributed by atoms with Gasteiger partial charge in [0.1, 0.15) is 5.75 Å². The summed E-state index contributed by atoms with van der Waals surface area (Å²) in [5.41, 5.74) is 2.86. The molecule has 0 atom stereocenters. The fourth-order valence-electron chi connectivity index (χ4n) is 1.43. The molecule has 0 aliphatic heterocycles. The van der Waals surface area contributed by atoms with E-state index in [2.05, 4.69) is 5.32 Å². The predicted octanol–water partition coefficient (Wildman–Crippen LogP) is 3.99. The van der Waals surface area contributed by atoms with Gasteiger partial charge in [-0.1, -0.05) is 12.1 Å². The minimum absolute atomic E-state index is 0.582. The van der Waals surface area contributed by atoms with Crippen molar-refractivity contribution in [2.24, 2.45) is 0 Å². The van der Waals surface area contributed by atoms with E-state index < -0.39 is 6.50 Å². The molecule has 2 nitrogen and oxygen atoms in total. The highest BCUT2D eigenvalue weighted by Crippen LogP contribution is 2.27. The Labute approximate surface area is 109 Å². The second-order valence-corrected chi connectivity index (χ2v) is 4.73.